The number of carbonyl (C=O) groups excluding carboxylic acids is 2. The molecular formula is C22H18N2O4. The first-order valence-corrected chi connectivity index (χ1v) is 8.67. The monoisotopic (exact) mass is 374 g/mol. The molecule has 0 spiro atoms. The van der Waals surface area contributed by atoms with Gasteiger partial charge in [-0.15, -0.1) is 0 Å². The maximum Gasteiger partial charge on any atom is 0.270 e. The lowest BCUT2D eigenvalue weighted by atomic mass is 10.0. The van der Waals surface area contributed by atoms with Crippen LogP contribution in [0.3, 0.4) is 0 Å². The van der Waals surface area contributed by atoms with Crippen molar-refractivity contribution in [2.45, 2.75) is 13.3 Å². The minimum absolute atomic E-state index is 0.0812. The number of hydrogen-bond donors (Lipinski definition) is 1. The highest BCUT2D eigenvalue weighted by molar-refractivity contribution is 6.14. The van der Waals surface area contributed by atoms with Crippen LogP contribution in [0.1, 0.15) is 27.0 Å². The number of hydrogen-bond acceptors (Lipinski definition) is 4. The van der Waals surface area contributed by atoms with Crippen LogP contribution in [0.5, 0.6) is 0 Å². The van der Waals surface area contributed by atoms with Gasteiger partial charge >= 0.3 is 0 Å². The Bertz CT molecular complexity index is 1030. The van der Waals surface area contributed by atoms with Crippen LogP contribution >= 0.6 is 0 Å². The highest BCUT2D eigenvalue weighted by Crippen LogP contribution is 2.25. The van der Waals surface area contributed by atoms with Crippen LogP contribution in [0.25, 0.3) is 0 Å². The minimum Gasteiger partial charge on any atom is -0.325 e. The van der Waals surface area contributed by atoms with E-state index in [4.69, 9.17) is 0 Å². The minimum atomic E-state index is -0.570. The van der Waals surface area contributed by atoms with E-state index < -0.39 is 10.7 Å². The Balaban J connectivity index is 1.89. The molecule has 0 fully saturated rings. The van der Waals surface area contributed by atoms with Crippen molar-refractivity contribution in [1.29, 1.82) is 0 Å². The number of nitro benzene ring substituents is 1. The average Bonchev–Trinajstić information content (AvgIpc) is 2.70. The predicted octanol–water partition coefficient (Wildman–Crippen LogP) is 4.32. The number of non-ortho nitro benzene ring substituents is 1. The van der Waals surface area contributed by atoms with Gasteiger partial charge in [-0.2, -0.15) is 0 Å². The van der Waals surface area contributed by atoms with Crippen molar-refractivity contribution in [3.8, 4) is 0 Å². The fourth-order valence-electron chi connectivity index (χ4n) is 2.77. The molecule has 0 bridgehead atoms. The van der Waals surface area contributed by atoms with E-state index in [1.54, 1.807) is 30.3 Å². The maximum atomic E-state index is 12.8. The van der Waals surface area contributed by atoms with Gasteiger partial charge < -0.3 is 5.32 Å². The molecule has 0 aliphatic heterocycles. The Kier molecular flexibility index (Phi) is 5.60. The van der Waals surface area contributed by atoms with Crippen LogP contribution in [0.2, 0.25) is 0 Å². The molecule has 1 N–H and O–H groups in total. The average molecular weight is 374 g/mol. The van der Waals surface area contributed by atoms with Gasteiger partial charge in [-0.3, -0.25) is 19.7 Å². The molecule has 3 rings (SSSR count). The summed E-state index contributed by atoms with van der Waals surface area (Å²) in [5, 5.41) is 13.8. The molecule has 0 saturated heterocycles. The maximum absolute atomic E-state index is 12.8. The first-order valence-electron chi connectivity index (χ1n) is 8.67. The Morgan fingerprint density at radius 3 is 2.29 bits per heavy atom. The molecule has 1 amide bonds. The van der Waals surface area contributed by atoms with E-state index in [-0.39, 0.29) is 29.3 Å². The van der Waals surface area contributed by atoms with Gasteiger partial charge in [-0.25, -0.2) is 0 Å². The van der Waals surface area contributed by atoms with E-state index in [0.29, 0.717) is 5.56 Å². The normalized spacial score (nSPS) is 10.3. The third-order valence-corrected chi connectivity index (χ3v) is 4.25. The number of nitro groups is 1. The molecule has 3 aromatic rings. The molecule has 6 nitrogen and oxygen atoms in total. The number of amides is 1. The third-order valence-electron chi connectivity index (χ3n) is 4.25. The molecule has 0 aromatic heterocycles. The molecule has 0 heterocycles. The predicted molar refractivity (Wildman–Crippen MR) is 106 cm³/mol. The van der Waals surface area contributed by atoms with E-state index in [0.717, 1.165) is 11.1 Å². The summed E-state index contributed by atoms with van der Waals surface area (Å²) in [5.41, 5.74) is 2.43. The second kappa shape index (κ2) is 8.26. The van der Waals surface area contributed by atoms with Crippen LogP contribution in [-0.4, -0.2) is 16.6 Å². The van der Waals surface area contributed by atoms with Crippen molar-refractivity contribution in [1.82, 2.24) is 0 Å². The SMILES string of the molecule is Cc1ccc(CC(=O)Nc2ccc([N+](=O)[O-])cc2C(=O)c2ccccc2)cc1. The number of nitrogens with one attached hydrogen (secondary N) is 1. The number of ketones is 1. The lowest BCUT2D eigenvalue weighted by molar-refractivity contribution is -0.384. The lowest BCUT2D eigenvalue weighted by Gasteiger charge is -2.11. The van der Waals surface area contributed by atoms with Gasteiger partial charge in [-0.05, 0) is 18.6 Å². The van der Waals surface area contributed by atoms with Crippen molar-refractivity contribution >= 4 is 23.1 Å². The number of nitrogens with zero attached hydrogens (tertiary/aromatic N) is 1. The molecular weight excluding hydrogens is 356 g/mol. The van der Waals surface area contributed by atoms with E-state index >= 15 is 0 Å². The van der Waals surface area contributed by atoms with E-state index in [1.165, 1.54) is 18.2 Å². The second-order valence-corrected chi connectivity index (χ2v) is 6.39. The Labute approximate surface area is 162 Å². The number of benzene rings is 3. The van der Waals surface area contributed by atoms with Crippen LogP contribution in [0, 0.1) is 17.0 Å². The molecule has 0 aliphatic carbocycles. The van der Waals surface area contributed by atoms with Gasteiger partial charge in [0.25, 0.3) is 5.69 Å². The number of anilines is 1. The lowest BCUT2D eigenvalue weighted by Crippen LogP contribution is -2.17. The Hall–Kier alpha value is -3.80. The largest absolute Gasteiger partial charge is 0.325 e. The Morgan fingerprint density at radius 1 is 0.964 bits per heavy atom. The first kappa shape index (κ1) is 19.0. The summed E-state index contributed by atoms with van der Waals surface area (Å²) >= 11 is 0. The summed E-state index contributed by atoms with van der Waals surface area (Å²) < 4.78 is 0. The molecule has 0 saturated carbocycles. The van der Waals surface area contributed by atoms with Crippen molar-refractivity contribution < 1.29 is 14.5 Å². The van der Waals surface area contributed by atoms with E-state index in [1.807, 2.05) is 31.2 Å². The number of rotatable bonds is 6. The Morgan fingerprint density at radius 2 is 1.64 bits per heavy atom. The number of aryl methyl sites for hydroxylation is 1. The fourth-order valence-corrected chi connectivity index (χ4v) is 2.77. The summed E-state index contributed by atoms with van der Waals surface area (Å²) in [7, 11) is 0. The summed E-state index contributed by atoms with van der Waals surface area (Å²) in [5.74, 6) is -0.699. The van der Waals surface area contributed by atoms with Crippen LogP contribution in [0.15, 0.2) is 72.8 Å². The van der Waals surface area contributed by atoms with E-state index in [9.17, 15) is 19.7 Å². The van der Waals surface area contributed by atoms with Gasteiger partial charge in [-0.1, -0.05) is 60.2 Å². The van der Waals surface area contributed by atoms with Gasteiger partial charge in [0, 0.05) is 17.7 Å². The van der Waals surface area contributed by atoms with Gasteiger partial charge in [0.1, 0.15) is 0 Å². The van der Waals surface area contributed by atoms with Crippen LogP contribution in [-0.2, 0) is 11.2 Å². The van der Waals surface area contributed by atoms with Crippen molar-refractivity contribution in [2.75, 3.05) is 5.32 Å². The first-order chi connectivity index (χ1) is 13.4. The molecule has 140 valence electrons. The molecule has 0 unspecified atom stereocenters. The standard InChI is InChI=1S/C22H18N2O4/c1-15-7-9-16(10-8-15)13-21(25)23-20-12-11-18(24(27)28)14-19(20)22(26)17-5-3-2-4-6-17/h2-12,14H,13H2,1H3,(H,23,25). The fraction of sp³-hybridized carbons (Fsp3) is 0.0909. The zero-order valence-electron chi connectivity index (χ0n) is 15.2. The van der Waals surface area contributed by atoms with Crippen LogP contribution < -0.4 is 5.32 Å². The summed E-state index contributed by atoms with van der Waals surface area (Å²) in [6.07, 6.45) is 0.135. The molecule has 0 atom stereocenters. The zero-order chi connectivity index (χ0) is 20.1. The number of carbonyl (C=O) groups is 2. The van der Waals surface area contributed by atoms with Crippen molar-refractivity contribution in [3.63, 3.8) is 0 Å². The molecule has 0 aliphatic rings. The molecule has 3 aromatic carbocycles. The molecule has 6 heteroatoms. The summed E-state index contributed by atoms with van der Waals surface area (Å²) in [4.78, 5) is 35.8. The van der Waals surface area contributed by atoms with Gasteiger partial charge in [0.2, 0.25) is 5.91 Å². The summed E-state index contributed by atoms with van der Waals surface area (Å²) in [6, 6.07) is 19.8. The van der Waals surface area contributed by atoms with Crippen LogP contribution in [0.4, 0.5) is 11.4 Å². The van der Waals surface area contributed by atoms with E-state index in [2.05, 4.69) is 5.32 Å². The third kappa shape index (κ3) is 4.48. The second-order valence-electron chi connectivity index (χ2n) is 6.39. The highest BCUT2D eigenvalue weighted by atomic mass is 16.6. The molecule has 0 radical (unpaired) electrons. The van der Waals surface area contributed by atoms with Gasteiger partial charge in [0.05, 0.1) is 22.6 Å². The van der Waals surface area contributed by atoms with Gasteiger partial charge in [0.15, 0.2) is 5.78 Å². The topological polar surface area (TPSA) is 89.3 Å². The smallest absolute Gasteiger partial charge is 0.270 e. The zero-order valence-corrected chi connectivity index (χ0v) is 15.2. The highest BCUT2D eigenvalue weighted by Gasteiger charge is 2.19. The summed E-state index contributed by atoms with van der Waals surface area (Å²) in [6.45, 7) is 1.96. The van der Waals surface area contributed by atoms with Crippen molar-refractivity contribution in [2.24, 2.45) is 0 Å². The molecule has 28 heavy (non-hydrogen) atoms. The quantitative estimate of drug-likeness (QED) is 0.395. The van der Waals surface area contributed by atoms with Crippen molar-refractivity contribution in [3.05, 3.63) is 105 Å².